The van der Waals surface area contributed by atoms with Crippen LogP contribution >= 0.6 is 0 Å². The van der Waals surface area contributed by atoms with Gasteiger partial charge >= 0.3 is 0 Å². The Morgan fingerprint density at radius 3 is 2.55 bits per heavy atom. The molecule has 4 rings (SSSR count). The Bertz CT molecular complexity index is 918. The number of benzene rings is 1. The van der Waals surface area contributed by atoms with Crippen molar-refractivity contribution < 1.29 is 0 Å². The Morgan fingerprint density at radius 1 is 0.950 bits per heavy atom. The Labute approximate surface area is 115 Å². The zero-order valence-electron chi connectivity index (χ0n) is 11.3. The van der Waals surface area contributed by atoms with Gasteiger partial charge in [0.05, 0.1) is 5.39 Å². The zero-order chi connectivity index (χ0) is 13.7. The van der Waals surface area contributed by atoms with Crippen molar-refractivity contribution in [2.75, 3.05) is 0 Å². The van der Waals surface area contributed by atoms with Crippen LogP contribution in [-0.2, 0) is 0 Å². The van der Waals surface area contributed by atoms with E-state index in [0.29, 0.717) is 0 Å². The molecule has 0 aliphatic rings. The van der Waals surface area contributed by atoms with E-state index in [0.717, 1.165) is 22.4 Å². The standard InChI is InChI=1S/C15H13N5/c1-10-11(2)20(12-6-4-3-5-7-12)15-13(10)14-16-8-18-19(14)9-17-15/h3-9H,1-2H3. The first-order chi connectivity index (χ1) is 9.77. The average molecular weight is 263 g/mol. The lowest BCUT2D eigenvalue weighted by molar-refractivity contribution is 0.923. The van der Waals surface area contributed by atoms with E-state index < -0.39 is 0 Å². The SMILES string of the molecule is Cc1c(C)n(-c2ccccc2)c2ncn3ncnc3c12. The molecule has 0 fully saturated rings. The third kappa shape index (κ3) is 1.34. The monoisotopic (exact) mass is 263 g/mol. The Hall–Kier alpha value is -2.69. The molecule has 0 bridgehead atoms. The number of aromatic nitrogens is 5. The van der Waals surface area contributed by atoms with Crippen LogP contribution in [0.1, 0.15) is 11.3 Å². The van der Waals surface area contributed by atoms with E-state index in [1.54, 1.807) is 17.2 Å². The van der Waals surface area contributed by atoms with E-state index in [2.05, 4.69) is 45.6 Å². The van der Waals surface area contributed by atoms with Crippen molar-refractivity contribution in [1.29, 1.82) is 0 Å². The fourth-order valence-electron chi connectivity index (χ4n) is 2.69. The topological polar surface area (TPSA) is 48.0 Å². The summed E-state index contributed by atoms with van der Waals surface area (Å²) < 4.78 is 3.88. The highest BCUT2D eigenvalue weighted by molar-refractivity contribution is 5.94. The molecule has 0 saturated carbocycles. The first-order valence-electron chi connectivity index (χ1n) is 6.49. The molecule has 0 N–H and O–H groups in total. The van der Waals surface area contributed by atoms with Crippen LogP contribution in [0.3, 0.4) is 0 Å². The summed E-state index contributed by atoms with van der Waals surface area (Å²) in [6, 6.07) is 10.3. The maximum Gasteiger partial charge on any atom is 0.168 e. The molecular weight excluding hydrogens is 250 g/mol. The van der Waals surface area contributed by atoms with Crippen LogP contribution in [0.4, 0.5) is 0 Å². The van der Waals surface area contributed by atoms with Gasteiger partial charge in [-0.1, -0.05) is 18.2 Å². The molecule has 3 aromatic heterocycles. The molecule has 20 heavy (non-hydrogen) atoms. The van der Waals surface area contributed by atoms with E-state index >= 15 is 0 Å². The summed E-state index contributed by atoms with van der Waals surface area (Å²) in [6.07, 6.45) is 3.27. The summed E-state index contributed by atoms with van der Waals surface area (Å²) in [7, 11) is 0. The van der Waals surface area contributed by atoms with E-state index in [1.807, 2.05) is 18.2 Å². The number of rotatable bonds is 1. The minimum absolute atomic E-state index is 0.852. The second-order valence-electron chi connectivity index (χ2n) is 4.85. The minimum atomic E-state index is 0.852. The van der Waals surface area contributed by atoms with Gasteiger partial charge in [-0.3, -0.25) is 4.57 Å². The lowest BCUT2D eigenvalue weighted by atomic mass is 10.2. The molecule has 0 aliphatic carbocycles. The van der Waals surface area contributed by atoms with Gasteiger partial charge in [0.2, 0.25) is 0 Å². The largest absolute Gasteiger partial charge is 0.298 e. The second-order valence-corrected chi connectivity index (χ2v) is 4.85. The third-order valence-corrected chi connectivity index (χ3v) is 3.79. The molecule has 0 saturated heterocycles. The van der Waals surface area contributed by atoms with Crippen LogP contribution in [0.25, 0.3) is 22.4 Å². The fraction of sp³-hybridized carbons (Fsp3) is 0.133. The molecule has 0 radical (unpaired) electrons. The molecule has 5 nitrogen and oxygen atoms in total. The number of hydrogen-bond donors (Lipinski definition) is 0. The minimum Gasteiger partial charge on any atom is -0.298 e. The Kier molecular flexibility index (Phi) is 2.18. The smallest absolute Gasteiger partial charge is 0.168 e. The van der Waals surface area contributed by atoms with Crippen molar-refractivity contribution in [1.82, 2.24) is 24.1 Å². The molecule has 1 aromatic carbocycles. The Balaban J connectivity index is 2.20. The summed E-state index contributed by atoms with van der Waals surface area (Å²) in [5.74, 6) is 0. The fourth-order valence-corrected chi connectivity index (χ4v) is 2.69. The van der Waals surface area contributed by atoms with Gasteiger partial charge in [0.25, 0.3) is 0 Å². The van der Waals surface area contributed by atoms with E-state index in [1.165, 1.54) is 11.3 Å². The van der Waals surface area contributed by atoms with Gasteiger partial charge in [0.1, 0.15) is 12.7 Å². The lowest BCUT2D eigenvalue weighted by Gasteiger charge is -2.07. The van der Waals surface area contributed by atoms with Gasteiger partial charge in [-0.05, 0) is 31.5 Å². The summed E-state index contributed by atoms with van der Waals surface area (Å²) in [5.41, 5.74) is 5.25. The molecule has 0 spiro atoms. The molecule has 0 atom stereocenters. The van der Waals surface area contributed by atoms with Crippen molar-refractivity contribution in [3.63, 3.8) is 0 Å². The number of para-hydroxylation sites is 1. The predicted octanol–water partition coefficient (Wildman–Crippen LogP) is 2.69. The lowest BCUT2D eigenvalue weighted by Crippen LogP contribution is -1.98. The molecule has 3 heterocycles. The summed E-state index contributed by atoms with van der Waals surface area (Å²) in [5, 5.41) is 5.22. The van der Waals surface area contributed by atoms with Crippen molar-refractivity contribution in [2.45, 2.75) is 13.8 Å². The normalized spacial score (nSPS) is 11.5. The molecule has 0 unspecified atom stereocenters. The quantitative estimate of drug-likeness (QED) is 0.530. The molecule has 0 aliphatic heterocycles. The predicted molar refractivity (Wildman–Crippen MR) is 77.1 cm³/mol. The maximum absolute atomic E-state index is 4.56. The highest BCUT2D eigenvalue weighted by Gasteiger charge is 2.17. The molecular formula is C15H13N5. The summed E-state index contributed by atoms with van der Waals surface area (Å²) >= 11 is 0. The van der Waals surface area contributed by atoms with Crippen molar-refractivity contribution in [3.8, 4) is 5.69 Å². The molecule has 98 valence electrons. The van der Waals surface area contributed by atoms with Gasteiger partial charge in [-0.25, -0.2) is 14.5 Å². The number of nitrogens with zero attached hydrogens (tertiary/aromatic N) is 5. The summed E-state index contributed by atoms with van der Waals surface area (Å²) in [6.45, 7) is 4.21. The van der Waals surface area contributed by atoms with Gasteiger partial charge in [-0.15, -0.1) is 0 Å². The maximum atomic E-state index is 4.56. The van der Waals surface area contributed by atoms with Crippen molar-refractivity contribution in [2.24, 2.45) is 0 Å². The number of hydrogen-bond acceptors (Lipinski definition) is 3. The third-order valence-electron chi connectivity index (χ3n) is 3.79. The van der Waals surface area contributed by atoms with Crippen LogP contribution < -0.4 is 0 Å². The van der Waals surface area contributed by atoms with Gasteiger partial charge in [-0.2, -0.15) is 5.10 Å². The van der Waals surface area contributed by atoms with Gasteiger partial charge < -0.3 is 0 Å². The average Bonchev–Trinajstić information content (AvgIpc) is 3.04. The van der Waals surface area contributed by atoms with Crippen LogP contribution in [0.5, 0.6) is 0 Å². The summed E-state index contributed by atoms with van der Waals surface area (Å²) in [4.78, 5) is 8.92. The van der Waals surface area contributed by atoms with E-state index in [9.17, 15) is 0 Å². The molecule has 4 aromatic rings. The highest BCUT2D eigenvalue weighted by Crippen LogP contribution is 2.29. The highest BCUT2D eigenvalue weighted by atomic mass is 15.3. The number of aryl methyl sites for hydroxylation is 1. The van der Waals surface area contributed by atoms with Crippen LogP contribution in [-0.4, -0.2) is 24.1 Å². The second kappa shape index (κ2) is 3.90. The number of fused-ring (bicyclic) bond motifs is 3. The first kappa shape index (κ1) is 11.2. The van der Waals surface area contributed by atoms with Crippen molar-refractivity contribution in [3.05, 3.63) is 54.2 Å². The Morgan fingerprint density at radius 2 is 1.75 bits per heavy atom. The van der Waals surface area contributed by atoms with E-state index in [4.69, 9.17) is 0 Å². The van der Waals surface area contributed by atoms with Crippen LogP contribution in [0.2, 0.25) is 0 Å². The van der Waals surface area contributed by atoms with Gasteiger partial charge in [0.15, 0.2) is 11.3 Å². The van der Waals surface area contributed by atoms with Crippen molar-refractivity contribution >= 4 is 16.7 Å². The van der Waals surface area contributed by atoms with Crippen LogP contribution in [0.15, 0.2) is 43.0 Å². The van der Waals surface area contributed by atoms with E-state index in [-0.39, 0.29) is 0 Å². The zero-order valence-corrected chi connectivity index (χ0v) is 11.3. The first-order valence-corrected chi connectivity index (χ1v) is 6.49. The molecule has 5 heteroatoms. The molecule has 0 amide bonds. The van der Waals surface area contributed by atoms with Gasteiger partial charge in [0, 0.05) is 11.4 Å². The van der Waals surface area contributed by atoms with Crippen LogP contribution in [0, 0.1) is 13.8 Å².